The molecule has 2 N–H and O–H groups in total. The van der Waals surface area contributed by atoms with Crippen LogP contribution in [0, 0.1) is 0 Å². The van der Waals surface area contributed by atoms with Gasteiger partial charge in [-0.15, -0.1) is 11.3 Å². The smallest absolute Gasteiger partial charge is 0.191 e. The van der Waals surface area contributed by atoms with Crippen LogP contribution in [-0.2, 0) is 24.4 Å². The van der Waals surface area contributed by atoms with E-state index >= 15 is 0 Å². The van der Waals surface area contributed by atoms with Gasteiger partial charge in [-0.2, -0.15) is 0 Å². The molecule has 7 heteroatoms. The zero-order valence-electron chi connectivity index (χ0n) is 18.8. The van der Waals surface area contributed by atoms with Gasteiger partial charge >= 0.3 is 0 Å². The third-order valence-corrected chi connectivity index (χ3v) is 6.04. The minimum Gasteiger partial charge on any atom is -0.373 e. The second kappa shape index (κ2) is 10.9. The van der Waals surface area contributed by atoms with Crippen LogP contribution in [0.25, 0.3) is 0 Å². The maximum absolute atomic E-state index is 5.83. The first kappa shape index (κ1) is 22.7. The average Bonchev–Trinajstić information content (AvgIpc) is 3.18. The van der Waals surface area contributed by atoms with E-state index in [1.165, 1.54) is 11.1 Å². The van der Waals surface area contributed by atoms with Crippen molar-refractivity contribution in [1.82, 2.24) is 20.5 Å². The van der Waals surface area contributed by atoms with Gasteiger partial charge in [0.25, 0.3) is 0 Å². The molecule has 0 spiro atoms. The molecule has 0 amide bonds. The fraction of sp³-hybridized carbons (Fsp3) is 0.565. The van der Waals surface area contributed by atoms with E-state index in [2.05, 4.69) is 82.9 Å². The molecule has 2 unspecified atom stereocenters. The quantitative estimate of drug-likeness (QED) is 0.519. The molecule has 30 heavy (non-hydrogen) atoms. The molecular formula is C23H35N5OS. The van der Waals surface area contributed by atoms with Gasteiger partial charge in [-0.1, -0.05) is 38.1 Å². The molecule has 1 aromatic carbocycles. The van der Waals surface area contributed by atoms with E-state index in [0.29, 0.717) is 24.7 Å². The summed E-state index contributed by atoms with van der Waals surface area (Å²) in [6.07, 6.45) is 0.607. The van der Waals surface area contributed by atoms with Crippen LogP contribution in [0.1, 0.15) is 55.4 Å². The highest BCUT2D eigenvalue weighted by Gasteiger charge is 2.21. The number of nitrogens with zero attached hydrogens (tertiary/aromatic N) is 3. The van der Waals surface area contributed by atoms with Crippen molar-refractivity contribution in [2.45, 2.75) is 65.5 Å². The van der Waals surface area contributed by atoms with Crippen molar-refractivity contribution >= 4 is 17.3 Å². The van der Waals surface area contributed by atoms with Crippen LogP contribution in [-0.4, -0.2) is 48.2 Å². The van der Waals surface area contributed by atoms with Gasteiger partial charge in [0.2, 0.25) is 0 Å². The SMILES string of the molecule is CN=C(NCc1ccc(CN2CC(C)OC(C)C2)cc1)NCc1nc(C(C)C)cs1. The largest absolute Gasteiger partial charge is 0.373 e. The number of nitrogens with one attached hydrogen (secondary N) is 2. The van der Waals surface area contributed by atoms with E-state index < -0.39 is 0 Å². The number of aromatic nitrogens is 1. The number of morpholine rings is 1. The van der Waals surface area contributed by atoms with Crippen LogP contribution in [0.5, 0.6) is 0 Å². The minimum absolute atomic E-state index is 0.304. The van der Waals surface area contributed by atoms with Crippen molar-refractivity contribution in [2.24, 2.45) is 4.99 Å². The first-order valence-electron chi connectivity index (χ1n) is 10.8. The second-order valence-electron chi connectivity index (χ2n) is 8.37. The molecular weight excluding hydrogens is 394 g/mol. The maximum Gasteiger partial charge on any atom is 0.191 e. The van der Waals surface area contributed by atoms with Gasteiger partial charge in [0, 0.05) is 38.6 Å². The molecule has 2 aromatic rings. The highest BCUT2D eigenvalue weighted by molar-refractivity contribution is 7.09. The van der Waals surface area contributed by atoms with Crippen LogP contribution in [0.15, 0.2) is 34.6 Å². The Kier molecular flexibility index (Phi) is 8.24. The highest BCUT2D eigenvalue weighted by atomic mass is 32.1. The molecule has 1 aliphatic heterocycles. The van der Waals surface area contributed by atoms with Crippen LogP contribution in [0.4, 0.5) is 0 Å². The summed E-state index contributed by atoms with van der Waals surface area (Å²) in [5.41, 5.74) is 3.73. The summed E-state index contributed by atoms with van der Waals surface area (Å²) < 4.78 is 5.83. The van der Waals surface area contributed by atoms with Gasteiger partial charge in [0.15, 0.2) is 5.96 Å². The molecule has 0 radical (unpaired) electrons. The molecule has 1 saturated heterocycles. The predicted octanol–water partition coefficient (Wildman–Crippen LogP) is 3.74. The second-order valence-corrected chi connectivity index (χ2v) is 9.31. The van der Waals surface area contributed by atoms with Gasteiger partial charge in [0.1, 0.15) is 5.01 Å². The van der Waals surface area contributed by atoms with Crippen molar-refractivity contribution in [3.63, 3.8) is 0 Å². The molecule has 0 saturated carbocycles. The Bertz CT molecular complexity index is 807. The maximum atomic E-state index is 5.83. The molecule has 1 aromatic heterocycles. The van der Waals surface area contributed by atoms with E-state index in [9.17, 15) is 0 Å². The lowest BCUT2D eigenvalue weighted by Crippen LogP contribution is -2.44. The van der Waals surface area contributed by atoms with Gasteiger partial charge in [-0.25, -0.2) is 4.98 Å². The van der Waals surface area contributed by atoms with Crippen molar-refractivity contribution < 1.29 is 4.74 Å². The summed E-state index contributed by atoms with van der Waals surface area (Å²) in [6.45, 7) is 13.0. The summed E-state index contributed by atoms with van der Waals surface area (Å²) in [4.78, 5) is 11.5. The van der Waals surface area contributed by atoms with Gasteiger partial charge in [0.05, 0.1) is 24.4 Å². The number of benzene rings is 1. The molecule has 6 nitrogen and oxygen atoms in total. The average molecular weight is 430 g/mol. The lowest BCUT2D eigenvalue weighted by molar-refractivity contribution is -0.0704. The summed E-state index contributed by atoms with van der Waals surface area (Å²) in [6, 6.07) is 8.83. The van der Waals surface area contributed by atoms with E-state index in [1.807, 2.05) is 0 Å². The summed E-state index contributed by atoms with van der Waals surface area (Å²) in [5.74, 6) is 1.25. The molecule has 164 valence electrons. The van der Waals surface area contributed by atoms with Crippen molar-refractivity contribution in [3.05, 3.63) is 51.5 Å². The van der Waals surface area contributed by atoms with Crippen molar-refractivity contribution in [1.29, 1.82) is 0 Å². The monoisotopic (exact) mass is 429 g/mol. The number of rotatable bonds is 7. The molecule has 0 aliphatic carbocycles. The van der Waals surface area contributed by atoms with Crippen LogP contribution in [0.2, 0.25) is 0 Å². The summed E-state index contributed by atoms with van der Waals surface area (Å²) in [7, 11) is 1.80. The lowest BCUT2D eigenvalue weighted by atomic mass is 10.1. The first-order chi connectivity index (χ1) is 14.4. The summed E-state index contributed by atoms with van der Waals surface area (Å²) in [5, 5.41) is 9.95. The molecule has 0 bridgehead atoms. The third kappa shape index (κ3) is 6.79. The minimum atomic E-state index is 0.304. The van der Waals surface area contributed by atoms with Gasteiger partial charge in [-0.05, 0) is 30.9 Å². The van der Waals surface area contributed by atoms with Crippen LogP contribution in [0.3, 0.4) is 0 Å². The third-order valence-electron chi connectivity index (χ3n) is 5.18. The number of thiazole rings is 1. The first-order valence-corrected chi connectivity index (χ1v) is 11.6. The number of hydrogen-bond donors (Lipinski definition) is 2. The van der Waals surface area contributed by atoms with Crippen LogP contribution < -0.4 is 10.6 Å². The fourth-order valence-electron chi connectivity index (χ4n) is 3.67. The molecule has 2 heterocycles. The standard InChI is InChI=1S/C23H35N5OS/c1-16(2)21-15-30-22(27-21)11-26-23(24-5)25-10-19-6-8-20(9-7-19)14-28-12-17(3)29-18(4)13-28/h6-9,15-18H,10-14H2,1-5H3,(H2,24,25,26). The number of ether oxygens (including phenoxy) is 1. The van der Waals surface area contributed by atoms with E-state index in [4.69, 9.17) is 4.74 Å². The predicted molar refractivity (Wildman–Crippen MR) is 125 cm³/mol. The molecule has 2 atom stereocenters. The van der Waals surface area contributed by atoms with Gasteiger partial charge in [-0.3, -0.25) is 9.89 Å². The molecule has 1 aliphatic rings. The van der Waals surface area contributed by atoms with E-state index in [0.717, 1.165) is 42.8 Å². The Morgan fingerprint density at radius 2 is 1.77 bits per heavy atom. The lowest BCUT2D eigenvalue weighted by Gasteiger charge is -2.35. The Labute approximate surface area is 184 Å². The van der Waals surface area contributed by atoms with Crippen molar-refractivity contribution in [3.8, 4) is 0 Å². The topological polar surface area (TPSA) is 61.8 Å². The summed E-state index contributed by atoms with van der Waals surface area (Å²) >= 11 is 1.69. The zero-order chi connectivity index (χ0) is 21.5. The Morgan fingerprint density at radius 1 is 1.13 bits per heavy atom. The van der Waals surface area contributed by atoms with E-state index in [-0.39, 0.29) is 0 Å². The number of hydrogen-bond acceptors (Lipinski definition) is 5. The molecule has 1 fully saturated rings. The number of guanidine groups is 1. The highest BCUT2D eigenvalue weighted by Crippen LogP contribution is 2.17. The van der Waals surface area contributed by atoms with Gasteiger partial charge < -0.3 is 15.4 Å². The Morgan fingerprint density at radius 3 is 2.37 bits per heavy atom. The number of aliphatic imine (C=N–C) groups is 1. The van der Waals surface area contributed by atoms with Crippen LogP contribution >= 0.6 is 11.3 Å². The zero-order valence-corrected chi connectivity index (χ0v) is 19.6. The normalized spacial score (nSPS) is 20.5. The fourth-order valence-corrected chi connectivity index (χ4v) is 4.57. The Balaban J connectivity index is 1.45. The molecule has 3 rings (SSSR count). The van der Waals surface area contributed by atoms with E-state index in [1.54, 1.807) is 18.4 Å². The van der Waals surface area contributed by atoms with Crippen molar-refractivity contribution in [2.75, 3.05) is 20.1 Å². The Hall–Kier alpha value is -1.96.